The van der Waals surface area contributed by atoms with Gasteiger partial charge in [-0.25, -0.2) is 4.21 Å². The molecule has 0 fully saturated rings. The molecule has 0 bridgehead atoms. The summed E-state index contributed by atoms with van der Waals surface area (Å²) in [5, 5.41) is 0. The second kappa shape index (κ2) is 4.13. The molecule has 1 aromatic rings. The van der Waals surface area contributed by atoms with Crippen LogP contribution in [0.5, 0.6) is 0 Å². The van der Waals surface area contributed by atoms with Crippen LogP contribution < -0.4 is 4.72 Å². The minimum absolute atomic E-state index is 0.232. The lowest BCUT2D eigenvalue weighted by Crippen LogP contribution is -2.27. The molecule has 14 heavy (non-hydrogen) atoms. The Balaban J connectivity index is 2.75. The SMILES string of the molecule is Cc1cccc(NS(=O)C(C)(C)C)c1. The van der Waals surface area contributed by atoms with Gasteiger partial charge in [-0.2, -0.15) is 0 Å². The van der Waals surface area contributed by atoms with Crippen LogP contribution in [0, 0.1) is 6.92 Å². The van der Waals surface area contributed by atoms with Crippen LogP contribution in [-0.2, 0) is 11.0 Å². The maximum atomic E-state index is 11.7. The average Bonchev–Trinajstić information content (AvgIpc) is 2.02. The summed E-state index contributed by atoms with van der Waals surface area (Å²) < 4.78 is 14.5. The Kier molecular flexibility index (Phi) is 3.32. The van der Waals surface area contributed by atoms with Gasteiger partial charge in [-0.15, -0.1) is 0 Å². The molecule has 0 radical (unpaired) electrons. The predicted octanol–water partition coefficient (Wildman–Crippen LogP) is 2.87. The number of hydrogen-bond donors (Lipinski definition) is 1. The van der Waals surface area contributed by atoms with E-state index in [1.165, 1.54) is 5.56 Å². The highest BCUT2D eigenvalue weighted by Crippen LogP contribution is 2.16. The zero-order valence-electron chi connectivity index (χ0n) is 9.13. The monoisotopic (exact) mass is 211 g/mol. The number of benzene rings is 1. The van der Waals surface area contributed by atoms with Gasteiger partial charge in [0.05, 0.1) is 4.75 Å². The fraction of sp³-hybridized carbons (Fsp3) is 0.455. The molecule has 1 unspecified atom stereocenters. The predicted molar refractivity (Wildman–Crippen MR) is 62.7 cm³/mol. The van der Waals surface area contributed by atoms with Gasteiger partial charge >= 0.3 is 0 Å². The summed E-state index contributed by atoms with van der Waals surface area (Å²) in [6.07, 6.45) is 0. The molecule has 0 aromatic heterocycles. The number of rotatable bonds is 2. The molecule has 0 aliphatic rings. The number of anilines is 1. The largest absolute Gasteiger partial charge is 0.305 e. The van der Waals surface area contributed by atoms with E-state index in [4.69, 9.17) is 0 Å². The summed E-state index contributed by atoms with van der Waals surface area (Å²) in [6, 6.07) is 7.89. The summed E-state index contributed by atoms with van der Waals surface area (Å²) in [4.78, 5) is 0. The standard InChI is InChI=1S/C11H17NOS/c1-9-6-5-7-10(8-9)12-14(13)11(2,3)4/h5-8,12H,1-4H3. The molecule has 1 atom stereocenters. The van der Waals surface area contributed by atoms with Gasteiger partial charge in [0, 0.05) is 5.69 Å². The van der Waals surface area contributed by atoms with Gasteiger partial charge in [-0.05, 0) is 45.4 Å². The second-order valence-corrected chi connectivity index (χ2v) is 6.32. The van der Waals surface area contributed by atoms with E-state index >= 15 is 0 Å². The minimum atomic E-state index is -1.05. The van der Waals surface area contributed by atoms with Gasteiger partial charge in [-0.1, -0.05) is 12.1 Å². The van der Waals surface area contributed by atoms with Crippen molar-refractivity contribution < 1.29 is 4.21 Å². The zero-order valence-corrected chi connectivity index (χ0v) is 9.94. The molecule has 0 spiro atoms. The van der Waals surface area contributed by atoms with Crippen molar-refractivity contribution in [3.05, 3.63) is 29.8 Å². The van der Waals surface area contributed by atoms with Crippen LogP contribution in [0.3, 0.4) is 0 Å². The Labute approximate surface area is 88.3 Å². The van der Waals surface area contributed by atoms with Crippen molar-refractivity contribution >= 4 is 16.7 Å². The average molecular weight is 211 g/mol. The van der Waals surface area contributed by atoms with Gasteiger partial charge in [-0.3, -0.25) is 0 Å². The van der Waals surface area contributed by atoms with E-state index in [9.17, 15) is 4.21 Å². The van der Waals surface area contributed by atoms with Crippen LogP contribution >= 0.6 is 0 Å². The molecule has 3 heteroatoms. The van der Waals surface area contributed by atoms with Crippen LogP contribution in [-0.4, -0.2) is 8.96 Å². The van der Waals surface area contributed by atoms with E-state index in [2.05, 4.69) is 4.72 Å². The summed E-state index contributed by atoms with van der Waals surface area (Å²) in [7, 11) is -1.05. The maximum Gasteiger partial charge on any atom is 0.122 e. The van der Waals surface area contributed by atoms with E-state index < -0.39 is 11.0 Å². The quantitative estimate of drug-likeness (QED) is 0.800. The summed E-state index contributed by atoms with van der Waals surface area (Å²) in [6.45, 7) is 7.87. The first-order valence-corrected chi connectivity index (χ1v) is 5.80. The van der Waals surface area contributed by atoms with Gasteiger partial charge in [0.25, 0.3) is 0 Å². The molecule has 1 N–H and O–H groups in total. The van der Waals surface area contributed by atoms with Crippen LogP contribution in [0.25, 0.3) is 0 Å². The molecule has 0 saturated heterocycles. The van der Waals surface area contributed by atoms with Gasteiger partial charge in [0.2, 0.25) is 0 Å². The van der Waals surface area contributed by atoms with Crippen molar-refractivity contribution in [1.82, 2.24) is 0 Å². The molecule has 0 heterocycles. The minimum Gasteiger partial charge on any atom is -0.305 e. The highest BCUT2D eigenvalue weighted by Gasteiger charge is 2.19. The first kappa shape index (κ1) is 11.2. The first-order chi connectivity index (χ1) is 6.39. The van der Waals surface area contributed by atoms with Crippen molar-refractivity contribution in [2.24, 2.45) is 0 Å². The van der Waals surface area contributed by atoms with E-state index in [0.29, 0.717) is 0 Å². The fourth-order valence-corrected chi connectivity index (χ4v) is 1.62. The molecule has 0 amide bonds. The van der Waals surface area contributed by atoms with Crippen LogP contribution in [0.4, 0.5) is 5.69 Å². The van der Waals surface area contributed by atoms with Gasteiger partial charge < -0.3 is 4.72 Å². The van der Waals surface area contributed by atoms with E-state index in [1.54, 1.807) is 0 Å². The van der Waals surface area contributed by atoms with Crippen molar-refractivity contribution in [3.8, 4) is 0 Å². The second-order valence-electron chi connectivity index (χ2n) is 4.35. The molecule has 1 aromatic carbocycles. The van der Waals surface area contributed by atoms with Gasteiger partial charge in [0.1, 0.15) is 11.0 Å². The Morgan fingerprint density at radius 2 is 1.93 bits per heavy atom. The third kappa shape index (κ3) is 3.14. The van der Waals surface area contributed by atoms with Gasteiger partial charge in [0.15, 0.2) is 0 Å². The van der Waals surface area contributed by atoms with Crippen LogP contribution in [0.1, 0.15) is 26.3 Å². The fourth-order valence-electron chi connectivity index (χ4n) is 0.969. The highest BCUT2D eigenvalue weighted by molar-refractivity contribution is 7.87. The zero-order chi connectivity index (χ0) is 10.8. The smallest absolute Gasteiger partial charge is 0.122 e. The molecular formula is C11H17NOS. The number of aryl methyl sites for hydroxylation is 1. The third-order valence-electron chi connectivity index (χ3n) is 1.78. The lowest BCUT2D eigenvalue weighted by molar-refractivity contribution is 0.653. The van der Waals surface area contributed by atoms with E-state index in [0.717, 1.165) is 5.69 Å². The Hall–Kier alpha value is -0.830. The van der Waals surface area contributed by atoms with Crippen molar-refractivity contribution in [3.63, 3.8) is 0 Å². The third-order valence-corrected chi connectivity index (χ3v) is 3.32. The van der Waals surface area contributed by atoms with Crippen molar-refractivity contribution in [2.75, 3.05) is 4.72 Å². The molecule has 0 aliphatic heterocycles. The van der Waals surface area contributed by atoms with E-state index in [1.807, 2.05) is 52.0 Å². The molecular weight excluding hydrogens is 194 g/mol. The van der Waals surface area contributed by atoms with Crippen LogP contribution in [0.2, 0.25) is 0 Å². The molecule has 1 rings (SSSR count). The Bertz CT molecular complexity index is 341. The summed E-state index contributed by atoms with van der Waals surface area (Å²) >= 11 is 0. The number of hydrogen-bond acceptors (Lipinski definition) is 1. The topological polar surface area (TPSA) is 29.1 Å². The summed E-state index contributed by atoms with van der Waals surface area (Å²) in [5.41, 5.74) is 2.08. The van der Waals surface area contributed by atoms with Crippen molar-refractivity contribution in [2.45, 2.75) is 32.4 Å². The molecule has 2 nitrogen and oxygen atoms in total. The van der Waals surface area contributed by atoms with E-state index in [-0.39, 0.29) is 4.75 Å². The van der Waals surface area contributed by atoms with Crippen LogP contribution in [0.15, 0.2) is 24.3 Å². The molecule has 0 aliphatic carbocycles. The van der Waals surface area contributed by atoms with Crippen molar-refractivity contribution in [1.29, 1.82) is 0 Å². The lowest BCUT2D eigenvalue weighted by Gasteiger charge is -2.18. The molecule has 0 saturated carbocycles. The number of nitrogens with one attached hydrogen (secondary N) is 1. The summed E-state index contributed by atoms with van der Waals surface area (Å²) in [5.74, 6) is 0. The Morgan fingerprint density at radius 3 is 2.43 bits per heavy atom. The first-order valence-electron chi connectivity index (χ1n) is 4.65. The normalized spacial score (nSPS) is 13.7. The lowest BCUT2D eigenvalue weighted by atomic mass is 10.2. The highest BCUT2D eigenvalue weighted by atomic mass is 32.2. The Morgan fingerprint density at radius 1 is 1.29 bits per heavy atom. The molecule has 78 valence electrons. The maximum absolute atomic E-state index is 11.7.